The lowest BCUT2D eigenvalue weighted by Gasteiger charge is -2.45. The molecule has 1 aliphatic heterocycles. The molecule has 1 fully saturated rings. The molecule has 4 heteroatoms. The molecule has 1 saturated carbocycles. The van der Waals surface area contributed by atoms with Gasteiger partial charge in [0.25, 0.3) is 0 Å². The van der Waals surface area contributed by atoms with Crippen LogP contribution in [0.4, 0.5) is 0 Å². The number of nitrogens with two attached hydrogens (primary N) is 1. The highest BCUT2D eigenvalue weighted by atomic mass is 16.1. The molecule has 2 aliphatic rings. The van der Waals surface area contributed by atoms with Gasteiger partial charge in [-0.15, -0.1) is 0 Å². The number of benzene rings is 1. The van der Waals surface area contributed by atoms with E-state index < -0.39 is 0 Å². The first-order valence-corrected chi connectivity index (χ1v) is 6.65. The number of aromatic nitrogens is 1. The minimum Gasteiger partial charge on any atom is -0.366 e. The van der Waals surface area contributed by atoms with Crippen LogP contribution in [-0.2, 0) is 5.54 Å². The number of fused-ring (bicyclic) bond motifs is 4. The van der Waals surface area contributed by atoms with Crippen LogP contribution in [0.15, 0.2) is 29.3 Å². The van der Waals surface area contributed by atoms with Crippen LogP contribution in [-0.4, -0.2) is 23.2 Å². The number of nitrogens with zero attached hydrogens (tertiary/aromatic N) is 2. The Balaban J connectivity index is 2.02. The Morgan fingerprint density at radius 2 is 2.16 bits per heavy atom. The topological polar surface area (TPSA) is 60.4 Å². The van der Waals surface area contributed by atoms with Gasteiger partial charge in [-0.05, 0) is 37.5 Å². The Morgan fingerprint density at radius 1 is 1.32 bits per heavy atom. The van der Waals surface area contributed by atoms with Gasteiger partial charge in [-0.25, -0.2) is 0 Å². The van der Waals surface area contributed by atoms with Crippen molar-refractivity contribution in [2.45, 2.75) is 24.8 Å². The highest BCUT2D eigenvalue weighted by Gasteiger charge is 2.41. The Labute approximate surface area is 110 Å². The van der Waals surface area contributed by atoms with E-state index in [-0.39, 0.29) is 11.4 Å². The van der Waals surface area contributed by atoms with Gasteiger partial charge >= 0.3 is 0 Å². The predicted molar refractivity (Wildman–Crippen MR) is 74.7 cm³/mol. The summed E-state index contributed by atoms with van der Waals surface area (Å²) in [7, 11) is 0. The molecular weight excluding hydrogens is 238 g/mol. The van der Waals surface area contributed by atoms with Crippen LogP contribution < -0.4 is 5.73 Å². The largest absolute Gasteiger partial charge is 0.366 e. The zero-order valence-corrected chi connectivity index (χ0v) is 10.6. The van der Waals surface area contributed by atoms with Crippen LogP contribution in [0.1, 0.15) is 35.3 Å². The summed E-state index contributed by atoms with van der Waals surface area (Å²) in [5, 5.41) is 1.15. The number of carbonyl (C=O) groups is 1. The van der Waals surface area contributed by atoms with Crippen molar-refractivity contribution < 1.29 is 4.79 Å². The maximum Gasteiger partial charge on any atom is 0.248 e. The highest BCUT2D eigenvalue weighted by Crippen LogP contribution is 2.44. The molecule has 0 atom stereocenters. The Hall–Kier alpha value is -2.10. The van der Waals surface area contributed by atoms with E-state index >= 15 is 0 Å². The number of hydrogen-bond donors (Lipinski definition) is 1. The maximum atomic E-state index is 11.4. The number of carbonyl (C=O) groups excluding carboxylic acids is 1. The predicted octanol–water partition coefficient (Wildman–Crippen LogP) is 2.05. The van der Waals surface area contributed by atoms with Gasteiger partial charge in [-0.2, -0.15) is 0 Å². The van der Waals surface area contributed by atoms with Crippen molar-refractivity contribution in [2.24, 2.45) is 10.7 Å². The average molecular weight is 253 g/mol. The minimum absolute atomic E-state index is 0.141. The van der Waals surface area contributed by atoms with E-state index in [9.17, 15) is 4.79 Å². The smallest absolute Gasteiger partial charge is 0.248 e. The van der Waals surface area contributed by atoms with Gasteiger partial charge in [-0.1, -0.05) is 6.07 Å². The number of amides is 1. The second-order valence-corrected chi connectivity index (χ2v) is 5.59. The van der Waals surface area contributed by atoms with Crippen molar-refractivity contribution >= 4 is 23.0 Å². The fourth-order valence-electron chi connectivity index (χ4n) is 3.35. The quantitative estimate of drug-likeness (QED) is 0.830. The Bertz CT molecular complexity index is 722. The zero-order chi connectivity index (χ0) is 13.0. The molecular formula is C15H15N3O. The van der Waals surface area contributed by atoms with Gasteiger partial charge in [0.15, 0.2) is 0 Å². The molecule has 1 aliphatic carbocycles. The van der Waals surface area contributed by atoms with Crippen LogP contribution in [0.5, 0.6) is 0 Å². The number of aliphatic imine (C=N–C) groups is 1. The van der Waals surface area contributed by atoms with Crippen molar-refractivity contribution in [3.05, 3.63) is 35.5 Å². The molecule has 1 aromatic heterocycles. The Kier molecular flexibility index (Phi) is 1.97. The third-order valence-electron chi connectivity index (χ3n) is 4.49. The summed E-state index contributed by atoms with van der Waals surface area (Å²) in [6.45, 7) is 0.852. The third kappa shape index (κ3) is 1.34. The van der Waals surface area contributed by atoms with Crippen molar-refractivity contribution in [1.82, 2.24) is 4.57 Å². The van der Waals surface area contributed by atoms with Gasteiger partial charge in [0, 0.05) is 22.7 Å². The third-order valence-corrected chi connectivity index (χ3v) is 4.49. The molecule has 0 saturated heterocycles. The standard InChI is InChI=1S/C15H15N3O/c16-14(19)11-3-2-10-6-12-8-17-9-15(4-1-5-15)18(12)13(10)7-11/h2-3,6-8H,1,4-5,9H2,(H2,16,19). The molecule has 19 heavy (non-hydrogen) atoms. The molecule has 96 valence electrons. The van der Waals surface area contributed by atoms with Gasteiger partial charge in [0.05, 0.1) is 17.8 Å². The first-order valence-electron chi connectivity index (χ1n) is 6.65. The molecule has 4 nitrogen and oxygen atoms in total. The van der Waals surface area contributed by atoms with Crippen LogP contribution in [0.2, 0.25) is 0 Å². The monoisotopic (exact) mass is 253 g/mol. The molecule has 2 aromatic rings. The lowest BCUT2D eigenvalue weighted by Crippen LogP contribution is -2.45. The van der Waals surface area contributed by atoms with E-state index in [0.29, 0.717) is 5.56 Å². The first-order chi connectivity index (χ1) is 9.20. The zero-order valence-electron chi connectivity index (χ0n) is 10.6. The van der Waals surface area contributed by atoms with Gasteiger partial charge < -0.3 is 10.3 Å². The minimum atomic E-state index is -0.371. The molecule has 2 heterocycles. The number of rotatable bonds is 1. The van der Waals surface area contributed by atoms with Crippen molar-refractivity contribution in [1.29, 1.82) is 0 Å². The summed E-state index contributed by atoms with van der Waals surface area (Å²) in [6.07, 6.45) is 5.53. The SMILES string of the molecule is NC(=O)c1ccc2cc3n(c2c1)C1(CCC1)CN=C3. The average Bonchev–Trinajstić information content (AvgIpc) is 2.74. The maximum absolute atomic E-state index is 11.4. The normalized spacial score (nSPS) is 19.4. The molecule has 0 bridgehead atoms. The number of primary amides is 1. The lowest BCUT2D eigenvalue weighted by atomic mass is 9.75. The highest BCUT2D eigenvalue weighted by molar-refractivity contribution is 5.99. The van der Waals surface area contributed by atoms with Crippen LogP contribution in [0, 0.1) is 0 Å². The molecule has 2 N–H and O–H groups in total. The Morgan fingerprint density at radius 3 is 2.84 bits per heavy atom. The van der Waals surface area contributed by atoms with Gasteiger partial charge in [0.2, 0.25) is 5.91 Å². The lowest BCUT2D eigenvalue weighted by molar-refractivity contribution is 0.1000. The van der Waals surface area contributed by atoms with E-state index in [1.54, 1.807) is 6.07 Å². The van der Waals surface area contributed by atoms with E-state index in [4.69, 9.17) is 5.73 Å². The molecule has 0 radical (unpaired) electrons. The summed E-state index contributed by atoms with van der Waals surface area (Å²) < 4.78 is 2.37. The van der Waals surface area contributed by atoms with Crippen LogP contribution >= 0.6 is 0 Å². The summed E-state index contributed by atoms with van der Waals surface area (Å²) >= 11 is 0. The van der Waals surface area contributed by atoms with Crippen molar-refractivity contribution in [3.8, 4) is 0 Å². The molecule has 4 rings (SSSR count). The van der Waals surface area contributed by atoms with E-state index in [1.807, 2.05) is 18.3 Å². The van der Waals surface area contributed by atoms with Crippen LogP contribution in [0.3, 0.4) is 0 Å². The fourth-order valence-corrected chi connectivity index (χ4v) is 3.35. The van der Waals surface area contributed by atoms with Gasteiger partial charge in [-0.3, -0.25) is 9.79 Å². The summed E-state index contributed by atoms with van der Waals surface area (Å²) in [5.74, 6) is -0.371. The molecule has 1 spiro atoms. The van der Waals surface area contributed by atoms with Crippen molar-refractivity contribution in [3.63, 3.8) is 0 Å². The summed E-state index contributed by atoms with van der Waals surface area (Å²) in [4.78, 5) is 15.9. The van der Waals surface area contributed by atoms with E-state index in [2.05, 4.69) is 15.6 Å². The van der Waals surface area contributed by atoms with Crippen LogP contribution in [0.25, 0.3) is 10.9 Å². The van der Waals surface area contributed by atoms with Gasteiger partial charge in [0.1, 0.15) is 0 Å². The number of hydrogen-bond acceptors (Lipinski definition) is 2. The molecule has 1 aromatic carbocycles. The van der Waals surface area contributed by atoms with Crippen molar-refractivity contribution in [2.75, 3.05) is 6.54 Å². The summed E-state index contributed by atoms with van der Waals surface area (Å²) in [6, 6.07) is 7.82. The van der Waals surface area contributed by atoms with E-state index in [1.165, 1.54) is 19.3 Å². The second-order valence-electron chi connectivity index (χ2n) is 5.59. The molecule has 1 amide bonds. The second kappa shape index (κ2) is 3.47. The summed E-state index contributed by atoms with van der Waals surface area (Å²) in [5.41, 5.74) is 8.35. The van der Waals surface area contributed by atoms with E-state index in [0.717, 1.165) is 23.1 Å². The molecule has 0 unspecified atom stereocenters. The first kappa shape index (κ1) is 10.8. The fraction of sp³-hybridized carbons (Fsp3) is 0.333.